The van der Waals surface area contributed by atoms with Crippen molar-refractivity contribution in [3.05, 3.63) is 82.7 Å². The zero-order valence-electron chi connectivity index (χ0n) is 23.2. The van der Waals surface area contributed by atoms with E-state index < -0.39 is 5.97 Å². The summed E-state index contributed by atoms with van der Waals surface area (Å²) in [4.78, 5) is 11.9. The van der Waals surface area contributed by atoms with Gasteiger partial charge in [0.15, 0.2) is 0 Å². The quantitative estimate of drug-likeness (QED) is 0.339. The van der Waals surface area contributed by atoms with Gasteiger partial charge in [-0.25, -0.2) is 4.39 Å². The molecular weight excluding hydrogens is 491 g/mol. The zero-order chi connectivity index (χ0) is 27.5. The summed E-state index contributed by atoms with van der Waals surface area (Å²) in [5.74, 6) is 0.616. The van der Waals surface area contributed by atoms with Crippen LogP contribution in [0.3, 0.4) is 0 Å². The highest BCUT2D eigenvalue weighted by atomic mass is 19.1. The summed E-state index contributed by atoms with van der Waals surface area (Å²) in [6, 6.07) is 17.3. The second kappa shape index (κ2) is 9.39. The first kappa shape index (κ1) is 25.9. The molecule has 3 aromatic rings. The topological polar surface area (TPSA) is 55.8 Å². The van der Waals surface area contributed by atoms with Crippen LogP contribution in [0.2, 0.25) is 0 Å². The molecule has 0 amide bonds. The predicted molar refractivity (Wildman–Crippen MR) is 150 cm³/mol. The van der Waals surface area contributed by atoms with Crippen LogP contribution in [0.15, 0.2) is 54.6 Å². The molecular formula is C34H37FO4. The van der Waals surface area contributed by atoms with Crippen LogP contribution in [-0.4, -0.2) is 18.2 Å². The molecule has 5 heteroatoms. The Labute approximate surface area is 230 Å². The fourth-order valence-electron chi connectivity index (χ4n) is 7.78. The standard InChI is InChI=1S/C34H37FO4/c1-20-31(32(36)37)34(20)15-13-22-8-9-24(18-29(22)34)39-19-21-7-11-25(27-17-23(38-4)10-12-30(27)35)26(16-21)28-6-5-14-33(28,2)3/h7-12,16-18,20,28,31H,5-6,13-15,19H2,1-4H3,(H,36,37)/t20-,28-,31+,34+/m0/s1. The molecule has 0 heterocycles. The summed E-state index contributed by atoms with van der Waals surface area (Å²) in [5, 5.41) is 9.74. The van der Waals surface area contributed by atoms with E-state index in [0.29, 0.717) is 23.8 Å². The third-order valence-electron chi connectivity index (χ3n) is 10.0. The van der Waals surface area contributed by atoms with Gasteiger partial charge in [-0.05, 0) is 101 Å². The molecule has 1 spiro atoms. The summed E-state index contributed by atoms with van der Waals surface area (Å²) in [6.45, 7) is 7.07. The van der Waals surface area contributed by atoms with E-state index in [0.717, 1.165) is 60.1 Å². The summed E-state index contributed by atoms with van der Waals surface area (Å²) in [5.41, 5.74) is 5.95. The number of fused-ring (bicyclic) bond motifs is 2. The number of carbonyl (C=O) groups is 1. The highest BCUT2D eigenvalue weighted by molar-refractivity contribution is 5.79. The fourth-order valence-corrected chi connectivity index (χ4v) is 7.78. The lowest BCUT2D eigenvalue weighted by Gasteiger charge is -2.30. The van der Waals surface area contributed by atoms with E-state index in [-0.39, 0.29) is 28.5 Å². The molecule has 2 fully saturated rings. The third-order valence-corrected chi connectivity index (χ3v) is 10.0. The van der Waals surface area contributed by atoms with Gasteiger partial charge in [0.1, 0.15) is 23.9 Å². The van der Waals surface area contributed by atoms with Gasteiger partial charge in [-0.3, -0.25) is 4.79 Å². The molecule has 0 radical (unpaired) electrons. The Balaban J connectivity index is 1.31. The van der Waals surface area contributed by atoms with Gasteiger partial charge in [-0.15, -0.1) is 0 Å². The number of ether oxygens (including phenoxy) is 2. The molecule has 3 aliphatic rings. The Bertz CT molecular complexity index is 1440. The van der Waals surface area contributed by atoms with E-state index in [2.05, 4.69) is 39.0 Å². The number of methoxy groups -OCH3 is 1. The second-order valence-corrected chi connectivity index (χ2v) is 12.5. The number of carboxylic acid groups (broad SMARTS) is 1. The van der Waals surface area contributed by atoms with Crippen LogP contribution in [0.5, 0.6) is 11.5 Å². The summed E-state index contributed by atoms with van der Waals surface area (Å²) < 4.78 is 26.8. The second-order valence-electron chi connectivity index (χ2n) is 12.5. The molecule has 0 saturated heterocycles. The molecule has 204 valence electrons. The van der Waals surface area contributed by atoms with Crippen molar-refractivity contribution in [2.45, 2.75) is 70.8 Å². The Morgan fingerprint density at radius 2 is 1.82 bits per heavy atom. The smallest absolute Gasteiger partial charge is 0.307 e. The lowest BCUT2D eigenvalue weighted by molar-refractivity contribution is -0.139. The molecule has 0 unspecified atom stereocenters. The minimum absolute atomic E-state index is 0.125. The maximum atomic E-state index is 15.1. The van der Waals surface area contributed by atoms with Gasteiger partial charge in [0.2, 0.25) is 0 Å². The van der Waals surface area contributed by atoms with Gasteiger partial charge in [-0.1, -0.05) is 51.5 Å². The van der Waals surface area contributed by atoms with E-state index in [9.17, 15) is 9.90 Å². The number of aliphatic carboxylic acids is 1. The molecule has 2 saturated carbocycles. The van der Waals surface area contributed by atoms with Crippen molar-refractivity contribution in [1.82, 2.24) is 0 Å². The fraction of sp³-hybridized carbons (Fsp3) is 0.441. The van der Waals surface area contributed by atoms with E-state index in [1.807, 2.05) is 18.2 Å². The van der Waals surface area contributed by atoms with E-state index in [1.54, 1.807) is 19.2 Å². The Morgan fingerprint density at radius 1 is 1.03 bits per heavy atom. The molecule has 6 rings (SSSR count). The van der Waals surface area contributed by atoms with Crippen molar-refractivity contribution in [2.24, 2.45) is 17.3 Å². The number of benzene rings is 3. The summed E-state index contributed by atoms with van der Waals surface area (Å²) in [6.07, 6.45) is 5.20. The minimum atomic E-state index is -0.698. The Hall–Kier alpha value is -3.34. The monoisotopic (exact) mass is 528 g/mol. The van der Waals surface area contributed by atoms with Crippen LogP contribution in [0, 0.1) is 23.1 Å². The Kier molecular flexibility index (Phi) is 6.24. The number of carboxylic acids is 1. The average molecular weight is 529 g/mol. The molecule has 4 atom stereocenters. The largest absolute Gasteiger partial charge is 0.497 e. The van der Waals surface area contributed by atoms with Crippen LogP contribution in [0.1, 0.15) is 74.6 Å². The average Bonchev–Trinajstić information content (AvgIpc) is 3.15. The predicted octanol–water partition coefficient (Wildman–Crippen LogP) is 7.91. The highest BCUT2D eigenvalue weighted by Crippen LogP contribution is 2.66. The highest BCUT2D eigenvalue weighted by Gasteiger charge is 2.68. The van der Waals surface area contributed by atoms with Crippen molar-refractivity contribution >= 4 is 5.97 Å². The van der Waals surface area contributed by atoms with Gasteiger partial charge >= 0.3 is 5.97 Å². The molecule has 3 aromatic carbocycles. The first-order valence-electron chi connectivity index (χ1n) is 14.1. The summed E-state index contributed by atoms with van der Waals surface area (Å²) >= 11 is 0. The van der Waals surface area contributed by atoms with Crippen molar-refractivity contribution in [1.29, 1.82) is 0 Å². The third kappa shape index (κ3) is 4.21. The van der Waals surface area contributed by atoms with Crippen LogP contribution >= 0.6 is 0 Å². The SMILES string of the molecule is COc1ccc(F)c(-c2ccc(COc3ccc4c(c3)[C@@]3(CC4)[C@@H](C)[C@@H]3C(=O)O)cc2[C@@H]2CCCC2(C)C)c1. The number of aryl methyl sites for hydroxylation is 1. The maximum absolute atomic E-state index is 15.1. The molecule has 0 aromatic heterocycles. The number of hydrogen-bond acceptors (Lipinski definition) is 3. The minimum Gasteiger partial charge on any atom is -0.497 e. The van der Waals surface area contributed by atoms with E-state index in [1.165, 1.54) is 11.6 Å². The van der Waals surface area contributed by atoms with Gasteiger partial charge < -0.3 is 14.6 Å². The molecule has 4 nitrogen and oxygen atoms in total. The van der Waals surface area contributed by atoms with E-state index in [4.69, 9.17) is 9.47 Å². The van der Waals surface area contributed by atoms with Gasteiger partial charge in [0.25, 0.3) is 0 Å². The van der Waals surface area contributed by atoms with Crippen LogP contribution in [0.4, 0.5) is 4.39 Å². The number of rotatable bonds is 7. The maximum Gasteiger partial charge on any atom is 0.307 e. The summed E-state index contributed by atoms with van der Waals surface area (Å²) in [7, 11) is 1.60. The molecule has 39 heavy (non-hydrogen) atoms. The lowest BCUT2D eigenvalue weighted by Crippen LogP contribution is -2.17. The zero-order valence-corrected chi connectivity index (χ0v) is 23.2. The van der Waals surface area contributed by atoms with Crippen LogP contribution in [-0.2, 0) is 23.2 Å². The molecule has 0 bridgehead atoms. The van der Waals surface area contributed by atoms with Crippen molar-refractivity contribution in [3.63, 3.8) is 0 Å². The Morgan fingerprint density at radius 3 is 2.51 bits per heavy atom. The van der Waals surface area contributed by atoms with Crippen molar-refractivity contribution < 1.29 is 23.8 Å². The number of halogens is 1. The van der Waals surface area contributed by atoms with E-state index >= 15 is 4.39 Å². The molecule has 1 N–H and O–H groups in total. The molecule has 3 aliphatic carbocycles. The lowest BCUT2D eigenvalue weighted by atomic mass is 9.75. The molecule has 0 aliphatic heterocycles. The first-order chi connectivity index (χ1) is 18.7. The first-order valence-corrected chi connectivity index (χ1v) is 14.1. The van der Waals surface area contributed by atoms with Gasteiger partial charge in [-0.2, -0.15) is 0 Å². The van der Waals surface area contributed by atoms with Gasteiger partial charge in [0.05, 0.1) is 13.0 Å². The normalized spacial score (nSPS) is 26.4. The number of hydrogen-bond donors (Lipinski definition) is 1. The van der Waals surface area contributed by atoms with Crippen molar-refractivity contribution in [2.75, 3.05) is 7.11 Å². The van der Waals surface area contributed by atoms with Crippen LogP contribution in [0.25, 0.3) is 11.1 Å². The van der Waals surface area contributed by atoms with Crippen molar-refractivity contribution in [3.8, 4) is 22.6 Å². The van der Waals surface area contributed by atoms with Gasteiger partial charge in [0, 0.05) is 11.0 Å². The van der Waals surface area contributed by atoms with Crippen LogP contribution < -0.4 is 9.47 Å².